The average molecular weight is 132 g/mol. The fourth-order valence-electron chi connectivity index (χ4n) is 0.354. The molecule has 0 atom stereocenters. The monoisotopic (exact) mass is 132 g/mol. The van der Waals surface area contributed by atoms with Gasteiger partial charge in [-0.3, -0.25) is 0 Å². The van der Waals surface area contributed by atoms with E-state index in [4.69, 9.17) is 0 Å². The van der Waals surface area contributed by atoms with Crippen molar-refractivity contribution < 1.29 is 0 Å². The van der Waals surface area contributed by atoms with Crippen LogP contribution in [-0.2, 0) is 0 Å². The Morgan fingerprint density at radius 3 is 1.12 bits per heavy atom. The largest absolute Gasteiger partial charge is 0.0683 e. The maximum atomic E-state index is 2.27. The zero-order valence-electron chi connectivity index (χ0n) is 6.83. The van der Waals surface area contributed by atoms with Crippen LogP contribution < -0.4 is 0 Å². The Bertz CT molecular complexity index is 18.3. The SMILES string of the molecule is CCC.CC[SiH2]CC. The van der Waals surface area contributed by atoms with Crippen LogP contribution in [0.4, 0.5) is 0 Å². The molecule has 52 valence electrons. The number of rotatable bonds is 2. The van der Waals surface area contributed by atoms with E-state index < -0.39 is 0 Å². The van der Waals surface area contributed by atoms with Crippen molar-refractivity contribution in [3.63, 3.8) is 0 Å². The van der Waals surface area contributed by atoms with E-state index >= 15 is 0 Å². The molecule has 0 radical (unpaired) electrons. The summed E-state index contributed by atoms with van der Waals surface area (Å²) in [5.41, 5.74) is 0. The van der Waals surface area contributed by atoms with Gasteiger partial charge in [-0.15, -0.1) is 0 Å². The molecule has 0 saturated carbocycles. The van der Waals surface area contributed by atoms with Gasteiger partial charge in [0, 0.05) is 9.52 Å². The summed E-state index contributed by atoms with van der Waals surface area (Å²) in [5, 5.41) is 0. The third-order valence-corrected chi connectivity index (χ3v) is 2.12. The summed E-state index contributed by atoms with van der Waals surface area (Å²) in [4.78, 5) is 0. The van der Waals surface area contributed by atoms with E-state index in [1.165, 1.54) is 18.5 Å². The maximum absolute atomic E-state index is 2.27. The van der Waals surface area contributed by atoms with Gasteiger partial charge in [0.05, 0.1) is 0 Å². The van der Waals surface area contributed by atoms with E-state index in [9.17, 15) is 0 Å². The van der Waals surface area contributed by atoms with Crippen LogP contribution in [-0.4, -0.2) is 9.52 Å². The topological polar surface area (TPSA) is 0 Å². The van der Waals surface area contributed by atoms with Gasteiger partial charge in [0.1, 0.15) is 0 Å². The molecule has 0 aromatic rings. The Morgan fingerprint density at radius 2 is 1.12 bits per heavy atom. The lowest BCUT2D eigenvalue weighted by Gasteiger charge is -1.77. The molecule has 1 heteroatoms. The molecule has 0 aliphatic heterocycles. The van der Waals surface area contributed by atoms with Crippen molar-refractivity contribution in [3.05, 3.63) is 0 Å². The van der Waals surface area contributed by atoms with Gasteiger partial charge in [0.2, 0.25) is 0 Å². The molecule has 0 rings (SSSR count). The first-order chi connectivity index (χ1) is 3.83. The summed E-state index contributed by atoms with van der Waals surface area (Å²) in [6.07, 6.45) is 1.25. The van der Waals surface area contributed by atoms with Gasteiger partial charge in [-0.05, 0) is 0 Å². The highest BCUT2D eigenvalue weighted by Crippen LogP contribution is 1.77. The van der Waals surface area contributed by atoms with Crippen molar-refractivity contribution >= 4 is 9.52 Å². The lowest BCUT2D eigenvalue weighted by molar-refractivity contribution is 1.09. The van der Waals surface area contributed by atoms with Crippen molar-refractivity contribution in [1.82, 2.24) is 0 Å². The van der Waals surface area contributed by atoms with Crippen LogP contribution in [0, 0.1) is 0 Å². The number of hydrogen-bond acceptors (Lipinski definition) is 0. The summed E-state index contributed by atoms with van der Waals surface area (Å²) >= 11 is 0. The molecule has 0 bridgehead atoms. The molecule has 0 N–H and O–H groups in total. The van der Waals surface area contributed by atoms with E-state index in [2.05, 4.69) is 27.7 Å². The highest BCUT2D eigenvalue weighted by molar-refractivity contribution is 6.34. The molecule has 8 heavy (non-hydrogen) atoms. The first-order valence-corrected chi connectivity index (χ1v) is 5.83. The molecular weight excluding hydrogens is 112 g/mol. The third-order valence-electron chi connectivity index (χ3n) is 0.707. The summed E-state index contributed by atoms with van der Waals surface area (Å²) in [5.74, 6) is 0. The van der Waals surface area contributed by atoms with Crippen molar-refractivity contribution in [1.29, 1.82) is 0 Å². The summed E-state index contributed by atoms with van der Waals surface area (Å²) in [6, 6.07) is 2.97. The van der Waals surface area contributed by atoms with Crippen LogP contribution >= 0.6 is 0 Å². The minimum atomic E-state index is 0.432. The Hall–Kier alpha value is 0.217. The van der Waals surface area contributed by atoms with E-state index in [1.54, 1.807) is 0 Å². The van der Waals surface area contributed by atoms with Crippen molar-refractivity contribution in [2.24, 2.45) is 0 Å². The molecule has 0 saturated heterocycles. The fraction of sp³-hybridized carbons (Fsp3) is 1.00. The smallest absolute Gasteiger partial charge is 0.0192 e. The molecule has 0 aromatic heterocycles. The summed E-state index contributed by atoms with van der Waals surface area (Å²) in [6.45, 7) is 8.80. The van der Waals surface area contributed by atoms with Gasteiger partial charge in [-0.1, -0.05) is 46.2 Å². The molecule has 0 spiro atoms. The fourth-order valence-corrected chi connectivity index (χ4v) is 1.06. The molecule has 0 heterocycles. The average Bonchev–Trinajstić information content (AvgIpc) is 1.71. The van der Waals surface area contributed by atoms with Gasteiger partial charge in [-0.25, -0.2) is 0 Å². The second-order valence-electron chi connectivity index (χ2n) is 2.06. The van der Waals surface area contributed by atoms with E-state index in [-0.39, 0.29) is 0 Å². The predicted octanol–water partition coefficient (Wildman–Crippen LogP) is 2.45. The first-order valence-electron chi connectivity index (χ1n) is 3.83. The Morgan fingerprint density at radius 1 is 0.875 bits per heavy atom. The Kier molecular flexibility index (Phi) is 21.7. The normalized spacial score (nSPS) is 7.50. The molecule has 0 unspecified atom stereocenters. The molecular formula is C7H20Si. The second-order valence-corrected chi connectivity index (χ2v) is 4.77. The minimum Gasteiger partial charge on any atom is -0.0683 e. The lowest BCUT2D eigenvalue weighted by atomic mass is 10.6. The van der Waals surface area contributed by atoms with Crippen molar-refractivity contribution in [2.45, 2.75) is 46.2 Å². The lowest BCUT2D eigenvalue weighted by Crippen LogP contribution is -1.76. The maximum Gasteiger partial charge on any atom is 0.0192 e. The Balaban J connectivity index is 0. The Labute approximate surface area is 56.5 Å². The van der Waals surface area contributed by atoms with Gasteiger partial charge < -0.3 is 0 Å². The van der Waals surface area contributed by atoms with Crippen LogP contribution in [0.2, 0.25) is 12.1 Å². The molecule has 0 aliphatic rings. The molecule has 0 aliphatic carbocycles. The zero-order chi connectivity index (χ0) is 6.83. The van der Waals surface area contributed by atoms with Gasteiger partial charge in [0.25, 0.3) is 0 Å². The zero-order valence-corrected chi connectivity index (χ0v) is 8.24. The standard InChI is InChI=1S/C4H12Si.C3H8/c1-3-5-4-2;1-3-2/h3-5H2,1-2H3;3H2,1-2H3. The van der Waals surface area contributed by atoms with Crippen molar-refractivity contribution in [2.75, 3.05) is 0 Å². The highest BCUT2D eigenvalue weighted by atomic mass is 28.2. The van der Waals surface area contributed by atoms with E-state index in [0.717, 1.165) is 0 Å². The van der Waals surface area contributed by atoms with Gasteiger partial charge in [-0.2, -0.15) is 0 Å². The highest BCUT2D eigenvalue weighted by Gasteiger charge is 1.70. The summed E-state index contributed by atoms with van der Waals surface area (Å²) in [7, 11) is 0.432. The first kappa shape index (κ1) is 11.1. The molecule has 0 fully saturated rings. The van der Waals surface area contributed by atoms with E-state index in [1.807, 2.05) is 0 Å². The molecule has 0 aromatic carbocycles. The molecule has 0 amide bonds. The number of hydrogen-bond donors (Lipinski definition) is 0. The van der Waals surface area contributed by atoms with Crippen LogP contribution in [0.15, 0.2) is 0 Å². The van der Waals surface area contributed by atoms with Crippen LogP contribution in [0.25, 0.3) is 0 Å². The third kappa shape index (κ3) is 34.4. The van der Waals surface area contributed by atoms with Gasteiger partial charge >= 0.3 is 0 Å². The van der Waals surface area contributed by atoms with Gasteiger partial charge in [0.15, 0.2) is 0 Å². The van der Waals surface area contributed by atoms with Crippen LogP contribution in [0.5, 0.6) is 0 Å². The van der Waals surface area contributed by atoms with Crippen LogP contribution in [0.1, 0.15) is 34.1 Å². The second kappa shape index (κ2) is 15.7. The predicted molar refractivity (Wildman–Crippen MR) is 45.5 cm³/mol. The quantitative estimate of drug-likeness (QED) is 0.506. The molecule has 0 nitrogen and oxygen atoms in total. The van der Waals surface area contributed by atoms with E-state index in [0.29, 0.717) is 9.52 Å². The van der Waals surface area contributed by atoms with Crippen LogP contribution in [0.3, 0.4) is 0 Å². The van der Waals surface area contributed by atoms with Crippen molar-refractivity contribution in [3.8, 4) is 0 Å². The minimum absolute atomic E-state index is 0.432. The summed E-state index contributed by atoms with van der Waals surface area (Å²) < 4.78 is 0.